The van der Waals surface area contributed by atoms with E-state index in [1.54, 1.807) is 0 Å². The fourth-order valence-corrected chi connectivity index (χ4v) is 3.69. The van der Waals surface area contributed by atoms with Crippen molar-refractivity contribution >= 4 is 0 Å². The van der Waals surface area contributed by atoms with Crippen molar-refractivity contribution < 1.29 is 5.11 Å². The topological polar surface area (TPSA) is 38.7 Å². The average Bonchev–Trinajstić information content (AvgIpc) is 2.49. The lowest BCUT2D eigenvalue weighted by molar-refractivity contribution is 0.0880. The van der Waals surface area contributed by atoms with Gasteiger partial charge in [-0.05, 0) is 31.7 Å². The first-order valence-electron chi connectivity index (χ1n) is 8.62. The van der Waals surface area contributed by atoms with Crippen LogP contribution in [0.4, 0.5) is 0 Å². The zero-order valence-corrected chi connectivity index (χ0v) is 13.2. The van der Waals surface area contributed by atoms with Crippen molar-refractivity contribution in [1.82, 2.24) is 15.1 Å². The van der Waals surface area contributed by atoms with Crippen LogP contribution in [0.25, 0.3) is 0 Å². The van der Waals surface area contributed by atoms with Gasteiger partial charge in [-0.1, -0.05) is 19.8 Å². The summed E-state index contributed by atoms with van der Waals surface area (Å²) >= 11 is 0. The minimum absolute atomic E-state index is 0.297. The SMILES string of the molecule is CCCNC1CCCCC1CN1CCN(CCO)CC1. The predicted molar refractivity (Wildman–Crippen MR) is 84.0 cm³/mol. The maximum absolute atomic E-state index is 9.00. The van der Waals surface area contributed by atoms with Crippen LogP contribution in [0, 0.1) is 5.92 Å². The van der Waals surface area contributed by atoms with Crippen LogP contribution in [0.3, 0.4) is 0 Å². The molecule has 0 spiro atoms. The quantitative estimate of drug-likeness (QED) is 0.735. The maximum Gasteiger partial charge on any atom is 0.0558 e. The molecule has 118 valence electrons. The molecule has 0 amide bonds. The highest BCUT2D eigenvalue weighted by atomic mass is 16.3. The van der Waals surface area contributed by atoms with Gasteiger partial charge >= 0.3 is 0 Å². The number of aliphatic hydroxyl groups excluding tert-OH is 1. The Morgan fingerprint density at radius 1 is 1.05 bits per heavy atom. The first-order valence-corrected chi connectivity index (χ1v) is 8.62. The number of β-amino-alcohol motifs (C(OH)–C–C–N with tert-alkyl or cyclic N) is 1. The van der Waals surface area contributed by atoms with Gasteiger partial charge in [-0.15, -0.1) is 0 Å². The Morgan fingerprint density at radius 3 is 2.45 bits per heavy atom. The average molecular weight is 283 g/mol. The number of nitrogens with zero attached hydrogens (tertiary/aromatic N) is 2. The number of hydrogen-bond acceptors (Lipinski definition) is 4. The molecule has 2 rings (SSSR count). The van der Waals surface area contributed by atoms with E-state index >= 15 is 0 Å². The molecular formula is C16H33N3O. The number of nitrogens with one attached hydrogen (secondary N) is 1. The zero-order valence-electron chi connectivity index (χ0n) is 13.2. The van der Waals surface area contributed by atoms with E-state index in [1.807, 2.05) is 0 Å². The first-order chi connectivity index (χ1) is 9.83. The van der Waals surface area contributed by atoms with Gasteiger partial charge in [0.15, 0.2) is 0 Å². The minimum atomic E-state index is 0.297. The monoisotopic (exact) mass is 283 g/mol. The number of aliphatic hydroxyl groups is 1. The van der Waals surface area contributed by atoms with Crippen LogP contribution in [0.2, 0.25) is 0 Å². The molecule has 1 aliphatic carbocycles. The van der Waals surface area contributed by atoms with Crippen molar-refractivity contribution in [2.24, 2.45) is 5.92 Å². The van der Waals surface area contributed by atoms with E-state index in [2.05, 4.69) is 22.0 Å². The molecule has 0 aromatic heterocycles. The lowest BCUT2D eigenvalue weighted by Gasteiger charge is -2.40. The van der Waals surface area contributed by atoms with E-state index < -0.39 is 0 Å². The Balaban J connectivity index is 1.73. The molecule has 2 aliphatic rings. The van der Waals surface area contributed by atoms with E-state index in [0.29, 0.717) is 6.61 Å². The Labute approximate surface area is 124 Å². The fraction of sp³-hybridized carbons (Fsp3) is 1.00. The molecule has 4 heteroatoms. The molecule has 2 unspecified atom stereocenters. The van der Waals surface area contributed by atoms with E-state index in [9.17, 15) is 0 Å². The van der Waals surface area contributed by atoms with E-state index in [1.165, 1.54) is 58.3 Å². The molecule has 1 aliphatic heterocycles. The molecule has 2 fully saturated rings. The van der Waals surface area contributed by atoms with Crippen LogP contribution in [0.5, 0.6) is 0 Å². The molecule has 1 saturated carbocycles. The molecule has 20 heavy (non-hydrogen) atoms. The van der Waals surface area contributed by atoms with Gasteiger partial charge < -0.3 is 15.3 Å². The van der Waals surface area contributed by atoms with Gasteiger partial charge in [0, 0.05) is 45.3 Å². The summed E-state index contributed by atoms with van der Waals surface area (Å²) in [5, 5.41) is 12.8. The van der Waals surface area contributed by atoms with Gasteiger partial charge in [0.2, 0.25) is 0 Å². The highest BCUT2D eigenvalue weighted by Crippen LogP contribution is 2.25. The third kappa shape index (κ3) is 4.99. The minimum Gasteiger partial charge on any atom is -0.395 e. The zero-order chi connectivity index (χ0) is 14.2. The van der Waals surface area contributed by atoms with Crippen molar-refractivity contribution in [2.45, 2.75) is 45.1 Å². The van der Waals surface area contributed by atoms with Gasteiger partial charge in [0.05, 0.1) is 6.61 Å². The molecule has 0 aromatic carbocycles. The lowest BCUT2D eigenvalue weighted by Crippen LogP contribution is -2.51. The van der Waals surface area contributed by atoms with Crippen LogP contribution in [-0.2, 0) is 0 Å². The summed E-state index contributed by atoms with van der Waals surface area (Å²) in [7, 11) is 0. The fourth-order valence-electron chi connectivity index (χ4n) is 3.69. The third-order valence-electron chi connectivity index (χ3n) is 4.94. The molecule has 1 heterocycles. The summed E-state index contributed by atoms with van der Waals surface area (Å²) < 4.78 is 0. The number of rotatable bonds is 7. The molecular weight excluding hydrogens is 250 g/mol. The smallest absolute Gasteiger partial charge is 0.0558 e. The standard InChI is InChI=1S/C16H33N3O/c1-2-7-17-16-6-4-3-5-15(16)14-19-10-8-18(9-11-19)12-13-20/h15-17,20H,2-14H2,1H3. The van der Waals surface area contributed by atoms with Crippen molar-refractivity contribution in [2.75, 3.05) is 52.4 Å². The summed E-state index contributed by atoms with van der Waals surface area (Å²) in [5.74, 6) is 0.847. The summed E-state index contributed by atoms with van der Waals surface area (Å²) in [6.07, 6.45) is 6.83. The molecule has 4 nitrogen and oxygen atoms in total. The number of hydrogen-bond donors (Lipinski definition) is 2. The Hall–Kier alpha value is -0.160. The van der Waals surface area contributed by atoms with Crippen molar-refractivity contribution in [3.63, 3.8) is 0 Å². The molecule has 2 N–H and O–H groups in total. The van der Waals surface area contributed by atoms with E-state index in [4.69, 9.17) is 5.11 Å². The van der Waals surface area contributed by atoms with E-state index in [-0.39, 0.29) is 0 Å². The van der Waals surface area contributed by atoms with Gasteiger partial charge in [-0.3, -0.25) is 4.90 Å². The normalized spacial score (nSPS) is 29.7. The largest absolute Gasteiger partial charge is 0.395 e. The summed E-state index contributed by atoms with van der Waals surface area (Å²) in [6.45, 7) is 10.4. The van der Waals surface area contributed by atoms with Crippen LogP contribution in [-0.4, -0.2) is 73.4 Å². The molecule has 0 aromatic rings. The van der Waals surface area contributed by atoms with Crippen LogP contribution in [0.15, 0.2) is 0 Å². The van der Waals surface area contributed by atoms with Gasteiger partial charge in [-0.25, -0.2) is 0 Å². The van der Waals surface area contributed by atoms with E-state index in [0.717, 1.165) is 31.6 Å². The van der Waals surface area contributed by atoms with Crippen molar-refractivity contribution in [3.8, 4) is 0 Å². The van der Waals surface area contributed by atoms with Crippen LogP contribution in [0.1, 0.15) is 39.0 Å². The Morgan fingerprint density at radius 2 is 1.75 bits per heavy atom. The third-order valence-corrected chi connectivity index (χ3v) is 4.94. The molecule has 0 bridgehead atoms. The second kappa shape index (κ2) is 8.98. The van der Waals surface area contributed by atoms with Crippen LogP contribution < -0.4 is 5.32 Å². The molecule has 2 atom stereocenters. The highest BCUT2D eigenvalue weighted by Gasteiger charge is 2.27. The second-order valence-electron chi connectivity index (χ2n) is 6.47. The summed E-state index contributed by atoms with van der Waals surface area (Å²) in [4.78, 5) is 5.02. The summed E-state index contributed by atoms with van der Waals surface area (Å²) in [6, 6.07) is 0.749. The maximum atomic E-state index is 9.00. The predicted octanol–water partition coefficient (Wildman–Crippen LogP) is 1.15. The van der Waals surface area contributed by atoms with Crippen molar-refractivity contribution in [3.05, 3.63) is 0 Å². The Bertz CT molecular complexity index is 254. The first kappa shape index (κ1) is 16.2. The van der Waals surface area contributed by atoms with Gasteiger partial charge in [0.25, 0.3) is 0 Å². The van der Waals surface area contributed by atoms with Gasteiger partial charge in [-0.2, -0.15) is 0 Å². The second-order valence-corrected chi connectivity index (χ2v) is 6.47. The number of piperazine rings is 1. The Kier molecular flexibility index (Phi) is 7.28. The summed E-state index contributed by atoms with van der Waals surface area (Å²) in [5.41, 5.74) is 0. The molecule has 0 radical (unpaired) electrons. The molecule has 1 saturated heterocycles. The van der Waals surface area contributed by atoms with Crippen LogP contribution >= 0.6 is 0 Å². The van der Waals surface area contributed by atoms with Gasteiger partial charge in [0.1, 0.15) is 0 Å². The van der Waals surface area contributed by atoms with Crippen molar-refractivity contribution in [1.29, 1.82) is 0 Å². The highest BCUT2D eigenvalue weighted by molar-refractivity contribution is 4.84. The lowest BCUT2D eigenvalue weighted by atomic mass is 9.84.